The molecule has 3 N–H and O–H groups in total. The van der Waals surface area contributed by atoms with Crippen molar-refractivity contribution < 1.29 is 14.7 Å². The number of nitrogens with zero attached hydrogens (tertiary/aromatic N) is 1. The zero-order chi connectivity index (χ0) is 13.7. The fraction of sp³-hybridized carbons (Fsp3) is 0.250. The summed E-state index contributed by atoms with van der Waals surface area (Å²) in [5, 5.41) is 16.0. The minimum absolute atomic E-state index is 0.0475. The number of nitrogens with one attached hydrogen (secondary N) is 2. The van der Waals surface area contributed by atoms with E-state index in [0.29, 0.717) is 5.71 Å². The lowest BCUT2D eigenvalue weighted by molar-refractivity contribution is -0.114. The highest BCUT2D eigenvalue weighted by Gasteiger charge is 2.14. The quantitative estimate of drug-likeness (QED) is 0.430. The molecule has 2 amide bonds. The molecule has 0 radical (unpaired) electrons. The minimum Gasteiger partial charge on any atom is -0.505 e. The number of anilines is 1. The Balaban J connectivity index is 2.99. The molecule has 96 valence electrons. The van der Waals surface area contributed by atoms with Crippen LogP contribution >= 0.6 is 0 Å². The van der Waals surface area contributed by atoms with Gasteiger partial charge >= 0.3 is 0 Å². The molecule has 0 bridgehead atoms. The first-order valence-electron chi connectivity index (χ1n) is 5.32. The van der Waals surface area contributed by atoms with Gasteiger partial charge in [-0.25, -0.2) is 5.43 Å². The molecular weight excluding hydrogens is 234 g/mol. The summed E-state index contributed by atoms with van der Waals surface area (Å²) in [5.74, 6) is -1.15. The number of phenols is 1. The lowest BCUT2D eigenvalue weighted by atomic mass is 10.1. The maximum Gasteiger partial charge on any atom is 0.275 e. The summed E-state index contributed by atoms with van der Waals surface area (Å²) >= 11 is 0. The molecule has 18 heavy (non-hydrogen) atoms. The molecule has 1 aromatic carbocycles. The summed E-state index contributed by atoms with van der Waals surface area (Å²) in [5.41, 5.74) is 3.21. The molecule has 1 rings (SSSR count). The lowest BCUT2D eigenvalue weighted by Crippen LogP contribution is -2.19. The van der Waals surface area contributed by atoms with Crippen LogP contribution in [-0.4, -0.2) is 22.6 Å². The second kappa shape index (κ2) is 5.81. The van der Waals surface area contributed by atoms with Gasteiger partial charge in [0.25, 0.3) is 5.91 Å². The van der Waals surface area contributed by atoms with E-state index >= 15 is 0 Å². The number of para-hydroxylation sites is 1. The van der Waals surface area contributed by atoms with Crippen LogP contribution in [0.25, 0.3) is 0 Å². The second-order valence-corrected chi connectivity index (χ2v) is 3.88. The number of hydrogen-bond acceptors (Lipinski definition) is 4. The number of hydrogen-bond donors (Lipinski definition) is 3. The first-order chi connectivity index (χ1) is 8.41. The van der Waals surface area contributed by atoms with E-state index in [0.717, 1.165) is 0 Å². The van der Waals surface area contributed by atoms with Crippen molar-refractivity contribution in [3.63, 3.8) is 0 Å². The van der Waals surface area contributed by atoms with E-state index < -0.39 is 5.91 Å². The van der Waals surface area contributed by atoms with Crippen LogP contribution < -0.4 is 10.7 Å². The van der Waals surface area contributed by atoms with Gasteiger partial charge in [-0.2, -0.15) is 5.10 Å². The van der Waals surface area contributed by atoms with Crippen molar-refractivity contribution in [1.82, 2.24) is 5.43 Å². The maximum absolute atomic E-state index is 11.7. The maximum atomic E-state index is 11.7. The van der Waals surface area contributed by atoms with E-state index in [1.165, 1.54) is 19.1 Å². The Morgan fingerprint density at radius 3 is 2.44 bits per heavy atom. The topological polar surface area (TPSA) is 90.8 Å². The average molecular weight is 249 g/mol. The van der Waals surface area contributed by atoms with Gasteiger partial charge in [-0.1, -0.05) is 6.07 Å². The third kappa shape index (κ3) is 3.58. The van der Waals surface area contributed by atoms with Gasteiger partial charge in [-0.15, -0.1) is 0 Å². The monoisotopic (exact) mass is 249 g/mol. The van der Waals surface area contributed by atoms with Crippen LogP contribution in [0.5, 0.6) is 5.75 Å². The van der Waals surface area contributed by atoms with Gasteiger partial charge in [0.15, 0.2) is 5.75 Å². The Bertz CT molecular complexity index is 505. The molecular formula is C12H15N3O3. The van der Waals surface area contributed by atoms with Gasteiger partial charge in [0.05, 0.1) is 11.3 Å². The standard InChI is InChI=1S/C12H15N3O3/c1-7(2)14-15-12(18)9-5-4-6-10(11(9)17)13-8(3)16/h4-6,17H,1-3H3,(H,13,16)(H,15,18). The van der Waals surface area contributed by atoms with Crippen molar-refractivity contribution in [3.05, 3.63) is 23.8 Å². The Morgan fingerprint density at radius 1 is 1.22 bits per heavy atom. The Labute approximate surface area is 105 Å². The molecule has 0 aliphatic carbocycles. The van der Waals surface area contributed by atoms with Crippen LogP contribution in [0.1, 0.15) is 31.1 Å². The number of hydrazone groups is 1. The van der Waals surface area contributed by atoms with Crippen molar-refractivity contribution in [2.45, 2.75) is 20.8 Å². The normalized spacial score (nSPS) is 9.50. The predicted molar refractivity (Wildman–Crippen MR) is 68.7 cm³/mol. The average Bonchev–Trinajstić information content (AvgIpc) is 2.28. The highest BCUT2D eigenvalue weighted by molar-refractivity contribution is 6.01. The molecule has 0 aromatic heterocycles. The predicted octanol–water partition coefficient (Wildman–Crippen LogP) is 1.48. The molecule has 0 aliphatic rings. The number of carbonyl (C=O) groups excluding carboxylic acids is 2. The summed E-state index contributed by atoms with van der Waals surface area (Å²) in [4.78, 5) is 22.6. The van der Waals surface area contributed by atoms with E-state index in [1.807, 2.05) is 0 Å². The third-order valence-electron chi connectivity index (χ3n) is 1.97. The highest BCUT2D eigenvalue weighted by atomic mass is 16.3. The fourth-order valence-corrected chi connectivity index (χ4v) is 1.24. The van der Waals surface area contributed by atoms with Crippen LogP contribution in [0.3, 0.4) is 0 Å². The van der Waals surface area contributed by atoms with Gasteiger partial charge in [-0.05, 0) is 26.0 Å². The minimum atomic E-state index is -0.541. The van der Waals surface area contributed by atoms with Crippen molar-refractivity contribution in [3.8, 4) is 5.75 Å². The molecule has 6 nitrogen and oxygen atoms in total. The number of benzene rings is 1. The first kappa shape index (κ1) is 13.7. The number of carbonyl (C=O) groups is 2. The van der Waals surface area contributed by atoms with Gasteiger partial charge in [-0.3, -0.25) is 9.59 Å². The number of phenolic OH excluding ortho intramolecular Hbond substituents is 1. The van der Waals surface area contributed by atoms with Crippen LogP contribution in [0, 0.1) is 0 Å². The largest absolute Gasteiger partial charge is 0.505 e. The molecule has 6 heteroatoms. The van der Waals surface area contributed by atoms with Gasteiger partial charge in [0, 0.05) is 12.6 Å². The van der Waals surface area contributed by atoms with Crippen LogP contribution in [-0.2, 0) is 4.79 Å². The summed E-state index contributed by atoms with van der Waals surface area (Å²) in [6, 6.07) is 4.50. The summed E-state index contributed by atoms with van der Waals surface area (Å²) in [6.45, 7) is 4.78. The smallest absolute Gasteiger partial charge is 0.275 e. The zero-order valence-corrected chi connectivity index (χ0v) is 10.4. The SMILES string of the molecule is CC(=O)Nc1cccc(C(=O)NN=C(C)C)c1O. The first-order valence-corrected chi connectivity index (χ1v) is 5.32. The Hall–Kier alpha value is -2.37. The van der Waals surface area contributed by atoms with Gasteiger partial charge in [0.2, 0.25) is 5.91 Å². The Kier molecular flexibility index (Phi) is 4.42. The van der Waals surface area contributed by atoms with E-state index in [2.05, 4.69) is 15.8 Å². The van der Waals surface area contributed by atoms with E-state index in [4.69, 9.17) is 0 Å². The molecule has 0 atom stereocenters. The van der Waals surface area contributed by atoms with Crippen molar-refractivity contribution in [1.29, 1.82) is 0 Å². The van der Waals surface area contributed by atoms with Crippen molar-refractivity contribution in [2.75, 3.05) is 5.32 Å². The molecule has 0 spiro atoms. The molecule has 0 fully saturated rings. The molecule has 0 saturated carbocycles. The number of amides is 2. The Morgan fingerprint density at radius 2 is 1.89 bits per heavy atom. The number of aromatic hydroxyl groups is 1. The van der Waals surface area contributed by atoms with E-state index in [9.17, 15) is 14.7 Å². The fourth-order valence-electron chi connectivity index (χ4n) is 1.24. The lowest BCUT2D eigenvalue weighted by Gasteiger charge is -2.08. The third-order valence-corrected chi connectivity index (χ3v) is 1.97. The highest BCUT2D eigenvalue weighted by Crippen LogP contribution is 2.27. The molecule has 1 aromatic rings. The van der Waals surface area contributed by atoms with Crippen LogP contribution in [0.2, 0.25) is 0 Å². The number of rotatable bonds is 3. The summed E-state index contributed by atoms with van der Waals surface area (Å²) < 4.78 is 0. The molecule has 0 unspecified atom stereocenters. The van der Waals surface area contributed by atoms with E-state index in [-0.39, 0.29) is 22.9 Å². The van der Waals surface area contributed by atoms with Gasteiger partial charge in [0.1, 0.15) is 0 Å². The zero-order valence-electron chi connectivity index (χ0n) is 10.4. The molecule has 0 heterocycles. The van der Waals surface area contributed by atoms with Crippen molar-refractivity contribution >= 4 is 23.2 Å². The summed E-state index contributed by atoms with van der Waals surface area (Å²) in [6.07, 6.45) is 0. The molecule has 0 aliphatic heterocycles. The van der Waals surface area contributed by atoms with Crippen molar-refractivity contribution in [2.24, 2.45) is 5.10 Å². The molecule has 0 saturated heterocycles. The van der Waals surface area contributed by atoms with Crippen LogP contribution in [0.4, 0.5) is 5.69 Å². The second-order valence-electron chi connectivity index (χ2n) is 3.88. The van der Waals surface area contributed by atoms with Gasteiger partial charge < -0.3 is 10.4 Å². The van der Waals surface area contributed by atoms with E-state index in [1.54, 1.807) is 19.9 Å². The summed E-state index contributed by atoms with van der Waals surface area (Å²) in [7, 11) is 0. The van der Waals surface area contributed by atoms with Crippen LogP contribution in [0.15, 0.2) is 23.3 Å².